The largest absolute Gasteiger partial charge is 0.456 e. The Kier molecular flexibility index (Phi) is 7.02. The molecule has 0 aliphatic heterocycles. The number of aromatic nitrogens is 4. The maximum atomic E-state index is 6.23. The van der Waals surface area contributed by atoms with Gasteiger partial charge < -0.3 is 4.42 Å². The summed E-state index contributed by atoms with van der Waals surface area (Å²) >= 11 is 0. The van der Waals surface area contributed by atoms with Crippen LogP contribution in [0.1, 0.15) is 37.1 Å². The lowest BCUT2D eigenvalue weighted by molar-refractivity contribution is 0.668. The van der Waals surface area contributed by atoms with Gasteiger partial charge >= 0.3 is 0 Å². The van der Waals surface area contributed by atoms with Gasteiger partial charge in [0, 0.05) is 34.3 Å². The molecule has 5 aromatic carbocycles. The third-order valence-electron chi connectivity index (χ3n) is 10.3. The molecule has 3 heterocycles. The molecule has 5 heteroatoms. The number of fused-ring (bicyclic) bond motifs is 5. The van der Waals surface area contributed by atoms with Crippen molar-refractivity contribution in [1.29, 1.82) is 0 Å². The van der Waals surface area contributed by atoms with Gasteiger partial charge in [0.25, 0.3) is 0 Å². The maximum absolute atomic E-state index is 6.23. The Labute approximate surface area is 294 Å². The summed E-state index contributed by atoms with van der Waals surface area (Å²) in [5.41, 5.74) is 10.3. The van der Waals surface area contributed by atoms with Crippen LogP contribution in [-0.2, 0) is 0 Å². The summed E-state index contributed by atoms with van der Waals surface area (Å²) in [4.78, 5) is 19.5. The van der Waals surface area contributed by atoms with E-state index in [-0.39, 0.29) is 0 Å². The summed E-state index contributed by atoms with van der Waals surface area (Å²) in [5, 5.41) is 7.18. The Hall–Kier alpha value is -6.46. The highest BCUT2D eigenvalue weighted by Crippen LogP contribution is 2.38. The molecule has 0 N–H and O–H groups in total. The van der Waals surface area contributed by atoms with E-state index in [1.807, 2.05) is 30.5 Å². The molecule has 51 heavy (non-hydrogen) atoms. The van der Waals surface area contributed by atoms with Crippen LogP contribution < -0.4 is 10.4 Å². The summed E-state index contributed by atoms with van der Waals surface area (Å²) in [7, 11) is 0. The van der Waals surface area contributed by atoms with Crippen molar-refractivity contribution in [2.75, 3.05) is 0 Å². The van der Waals surface area contributed by atoms with E-state index in [4.69, 9.17) is 19.4 Å². The van der Waals surface area contributed by atoms with Crippen LogP contribution in [0.3, 0.4) is 0 Å². The molecular weight excluding hydrogens is 625 g/mol. The van der Waals surface area contributed by atoms with E-state index in [9.17, 15) is 0 Å². The number of pyridine rings is 1. The molecule has 2 aliphatic carbocycles. The monoisotopic (exact) mass is 656 g/mol. The van der Waals surface area contributed by atoms with Gasteiger partial charge in [0.2, 0.25) is 0 Å². The molecule has 3 aromatic heterocycles. The summed E-state index contributed by atoms with van der Waals surface area (Å²) in [5.74, 6) is 2.12. The third kappa shape index (κ3) is 5.17. The molecule has 0 amide bonds. The molecule has 0 saturated heterocycles. The van der Waals surface area contributed by atoms with E-state index in [1.165, 1.54) is 43.5 Å². The Bertz CT molecular complexity index is 2860. The molecule has 0 saturated carbocycles. The number of nitrogens with zero attached hydrogens (tertiary/aromatic N) is 4. The predicted molar refractivity (Wildman–Crippen MR) is 206 cm³/mol. The van der Waals surface area contributed by atoms with Crippen molar-refractivity contribution in [2.24, 2.45) is 0 Å². The lowest BCUT2D eigenvalue weighted by Gasteiger charge is -2.22. The predicted octanol–water partition coefficient (Wildman–Crippen LogP) is 9.60. The van der Waals surface area contributed by atoms with Crippen molar-refractivity contribution in [3.8, 4) is 22.8 Å². The van der Waals surface area contributed by atoms with Gasteiger partial charge in [0.05, 0.1) is 0 Å². The minimum Gasteiger partial charge on any atom is -0.456 e. The summed E-state index contributed by atoms with van der Waals surface area (Å²) in [6.45, 7) is 0. The van der Waals surface area contributed by atoms with Crippen LogP contribution in [0.5, 0.6) is 0 Å². The van der Waals surface area contributed by atoms with E-state index in [0.717, 1.165) is 70.1 Å². The summed E-state index contributed by atoms with van der Waals surface area (Å²) in [6, 6.07) is 42.2. The van der Waals surface area contributed by atoms with Gasteiger partial charge in [-0.3, -0.25) is 4.98 Å². The first kappa shape index (κ1) is 29.5. The van der Waals surface area contributed by atoms with Crippen molar-refractivity contribution < 1.29 is 4.42 Å². The minimum atomic E-state index is 0.689. The average molecular weight is 657 g/mol. The van der Waals surface area contributed by atoms with Crippen LogP contribution in [0.15, 0.2) is 156 Å². The fourth-order valence-electron chi connectivity index (χ4n) is 7.83. The summed E-state index contributed by atoms with van der Waals surface area (Å²) < 4.78 is 6.23. The van der Waals surface area contributed by atoms with Gasteiger partial charge in [-0.15, -0.1) is 0 Å². The molecule has 10 rings (SSSR count). The Balaban J connectivity index is 1.08. The number of rotatable bonds is 5. The molecule has 0 radical (unpaired) electrons. The van der Waals surface area contributed by atoms with Gasteiger partial charge in [-0.1, -0.05) is 115 Å². The van der Waals surface area contributed by atoms with Crippen molar-refractivity contribution in [3.63, 3.8) is 0 Å². The first-order chi connectivity index (χ1) is 25.3. The number of hydrogen-bond acceptors (Lipinski definition) is 5. The molecule has 0 unspecified atom stereocenters. The number of benzene rings is 5. The number of furan rings is 1. The molecule has 8 aromatic rings. The fourth-order valence-corrected chi connectivity index (χ4v) is 7.83. The standard InChI is InChI=1S/C46H32N4O/c1-2-10-31(11-3-1)44-48-45(50-46(49-44)34-22-17-29-9-4-5-12-33(29)27-34)32-20-18-30(19-21-32)35-23-24-38(37-14-7-6-13-36(35)37)39-15-8-16-42-43(39)40-28-47-26-25-41(40)51-42/h1-18,20,22,25-28H,19,21,23-24H2. The zero-order chi connectivity index (χ0) is 33.7. The second kappa shape index (κ2) is 12.1. The summed E-state index contributed by atoms with van der Waals surface area (Å²) in [6.07, 6.45) is 12.0. The van der Waals surface area contributed by atoms with Gasteiger partial charge in [-0.2, -0.15) is 0 Å². The van der Waals surface area contributed by atoms with Crippen LogP contribution >= 0.6 is 0 Å². The molecule has 242 valence electrons. The Morgan fingerprint density at radius 2 is 1.20 bits per heavy atom. The highest BCUT2D eigenvalue weighted by molar-refractivity contribution is 6.10. The third-order valence-corrected chi connectivity index (χ3v) is 10.3. The Morgan fingerprint density at radius 1 is 0.490 bits per heavy atom. The molecule has 2 aliphatic rings. The van der Waals surface area contributed by atoms with Crippen molar-refractivity contribution in [2.45, 2.75) is 25.7 Å². The van der Waals surface area contributed by atoms with E-state index in [1.54, 1.807) is 6.20 Å². The van der Waals surface area contributed by atoms with Crippen molar-refractivity contribution in [3.05, 3.63) is 173 Å². The van der Waals surface area contributed by atoms with E-state index in [0.29, 0.717) is 11.6 Å². The highest BCUT2D eigenvalue weighted by atomic mass is 16.3. The normalized spacial score (nSPS) is 14.5. The molecular formula is C46H32N4O. The Morgan fingerprint density at radius 3 is 2.04 bits per heavy atom. The van der Waals surface area contributed by atoms with Crippen LogP contribution in [0, 0.1) is 0 Å². The number of allylic oxidation sites excluding steroid dienone is 4. The van der Waals surface area contributed by atoms with Gasteiger partial charge in [0.1, 0.15) is 11.2 Å². The molecule has 0 bridgehead atoms. The second-order valence-electron chi connectivity index (χ2n) is 13.3. The topological polar surface area (TPSA) is 64.7 Å². The van der Waals surface area contributed by atoms with Crippen LogP contribution in [0.2, 0.25) is 0 Å². The quantitative estimate of drug-likeness (QED) is 0.185. The van der Waals surface area contributed by atoms with Gasteiger partial charge in [-0.25, -0.2) is 15.0 Å². The molecule has 0 fully saturated rings. The van der Waals surface area contributed by atoms with E-state index in [2.05, 4.69) is 114 Å². The second-order valence-corrected chi connectivity index (χ2v) is 13.3. The zero-order valence-corrected chi connectivity index (χ0v) is 27.9. The smallest absolute Gasteiger partial charge is 0.164 e. The van der Waals surface area contributed by atoms with Gasteiger partial charge in [-0.05, 0) is 92.9 Å². The molecule has 0 spiro atoms. The molecule has 5 nitrogen and oxygen atoms in total. The van der Waals surface area contributed by atoms with Crippen molar-refractivity contribution in [1.82, 2.24) is 19.9 Å². The van der Waals surface area contributed by atoms with Crippen molar-refractivity contribution >= 4 is 49.4 Å². The van der Waals surface area contributed by atoms with E-state index >= 15 is 0 Å². The highest BCUT2D eigenvalue weighted by Gasteiger charge is 2.22. The van der Waals surface area contributed by atoms with Crippen LogP contribution in [-0.4, -0.2) is 19.9 Å². The fraction of sp³-hybridized carbons (Fsp3) is 0.0870. The number of hydrogen-bond donors (Lipinski definition) is 0. The van der Waals surface area contributed by atoms with Crippen LogP contribution in [0.25, 0.3) is 72.2 Å². The lowest BCUT2D eigenvalue weighted by atomic mass is 9.82. The lowest BCUT2D eigenvalue weighted by Crippen LogP contribution is -2.33. The van der Waals surface area contributed by atoms with Gasteiger partial charge in [0.15, 0.2) is 17.5 Å². The maximum Gasteiger partial charge on any atom is 0.164 e. The SMILES string of the molecule is C1=C(C2=c3ccccc3=C(c3cccc4oc5ccncc5c34)CC2)CCC(c2nc(-c3ccccc3)nc(-c3ccc4ccccc4c3)n2)=C1. The molecule has 0 atom stereocenters. The first-order valence-electron chi connectivity index (χ1n) is 17.5. The first-order valence-corrected chi connectivity index (χ1v) is 17.5. The van der Waals surface area contributed by atoms with E-state index < -0.39 is 0 Å². The average Bonchev–Trinajstić information content (AvgIpc) is 3.60. The minimum absolute atomic E-state index is 0.689. The van der Waals surface area contributed by atoms with Crippen LogP contribution in [0.4, 0.5) is 0 Å². The zero-order valence-electron chi connectivity index (χ0n) is 27.9.